The Bertz CT molecular complexity index is 433. The summed E-state index contributed by atoms with van der Waals surface area (Å²) in [5, 5.41) is 12.5. The zero-order chi connectivity index (χ0) is 15.9. The highest BCUT2D eigenvalue weighted by atomic mass is 19.1. The van der Waals surface area contributed by atoms with Gasteiger partial charge in [0.25, 0.3) is 0 Å². The van der Waals surface area contributed by atoms with E-state index in [1.807, 2.05) is 31.7 Å². The molecule has 0 fully saturated rings. The third-order valence-corrected chi connectivity index (χ3v) is 3.17. The van der Waals surface area contributed by atoms with E-state index in [1.165, 1.54) is 6.07 Å². The number of hydrogen-bond donors (Lipinski definition) is 2. The van der Waals surface area contributed by atoms with Gasteiger partial charge < -0.3 is 20.1 Å². The highest BCUT2D eigenvalue weighted by Gasteiger charge is 2.17. The number of aliphatic hydroxyl groups excluding tert-OH is 1. The Labute approximate surface area is 126 Å². The summed E-state index contributed by atoms with van der Waals surface area (Å²) in [5.41, 5.74) is 1.34. The van der Waals surface area contributed by atoms with Crippen LogP contribution in [0.5, 0.6) is 0 Å². The number of anilines is 1. The van der Waals surface area contributed by atoms with E-state index in [-0.39, 0.29) is 18.0 Å². The Morgan fingerprint density at radius 3 is 2.57 bits per heavy atom. The number of benzene rings is 1. The summed E-state index contributed by atoms with van der Waals surface area (Å²) in [6.07, 6.45) is 0. The fraction of sp³-hybridized carbons (Fsp3) is 0.625. The van der Waals surface area contributed by atoms with Gasteiger partial charge in [-0.3, -0.25) is 0 Å². The Morgan fingerprint density at radius 1 is 1.29 bits per heavy atom. The first-order valence-electron chi connectivity index (χ1n) is 7.26. The Hall–Kier alpha value is -1.17. The quantitative estimate of drug-likeness (QED) is 0.772. The Morgan fingerprint density at radius 2 is 2.00 bits per heavy atom. The first-order chi connectivity index (χ1) is 9.89. The van der Waals surface area contributed by atoms with Crippen LogP contribution in [0.1, 0.15) is 26.3 Å². The highest BCUT2D eigenvalue weighted by Crippen LogP contribution is 2.24. The average molecular weight is 298 g/mol. The largest absolute Gasteiger partial charge is 0.395 e. The maximum Gasteiger partial charge on any atom is 0.129 e. The second-order valence-corrected chi connectivity index (χ2v) is 6.04. The van der Waals surface area contributed by atoms with E-state index in [0.717, 1.165) is 5.69 Å². The van der Waals surface area contributed by atoms with Gasteiger partial charge in [-0.05, 0) is 32.9 Å². The summed E-state index contributed by atoms with van der Waals surface area (Å²) < 4.78 is 19.3. The lowest BCUT2D eigenvalue weighted by atomic mass is 10.1. The molecule has 1 rings (SSSR count). The van der Waals surface area contributed by atoms with Gasteiger partial charge in [-0.2, -0.15) is 0 Å². The van der Waals surface area contributed by atoms with Crippen molar-refractivity contribution >= 4 is 5.69 Å². The minimum atomic E-state index is -0.232. The van der Waals surface area contributed by atoms with Crippen molar-refractivity contribution in [3.8, 4) is 0 Å². The van der Waals surface area contributed by atoms with Gasteiger partial charge in [0.2, 0.25) is 0 Å². The number of hydrogen-bond acceptors (Lipinski definition) is 4. The molecular weight excluding hydrogens is 271 g/mol. The lowest BCUT2D eigenvalue weighted by molar-refractivity contribution is 0.202. The van der Waals surface area contributed by atoms with Crippen LogP contribution in [0.25, 0.3) is 0 Å². The molecule has 0 unspecified atom stereocenters. The molecule has 0 atom stereocenters. The van der Waals surface area contributed by atoms with E-state index in [0.29, 0.717) is 31.8 Å². The molecule has 4 nitrogen and oxygen atoms in total. The normalized spacial score (nSPS) is 11.7. The van der Waals surface area contributed by atoms with Gasteiger partial charge in [-0.25, -0.2) is 4.39 Å². The summed E-state index contributed by atoms with van der Waals surface area (Å²) in [5.74, 6) is -0.232. The summed E-state index contributed by atoms with van der Waals surface area (Å²) in [4.78, 5) is 1.95. The molecule has 0 aliphatic heterocycles. The molecular formula is C16H27FN2O2. The van der Waals surface area contributed by atoms with Crippen LogP contribution in [-0.4, -0.2) is 44.1 Å². The van der Waals surface area contributed by atoms with Gasteiger partial charge in [-0.15, -0.1) is 0 Å². The smallest absolute Gasteiger partial charge is 0.129 e. The van der Waals surface area contributed by atoms with Crippen LogP contribution in [0.15, 0.2) is 18.2 Å². The molecule has 0 amide bonds. The number of nitrogens with zero attached hydrogens (tertiary/aromatic N) is 1. The average Bonchev–Trinajstić information content (AvgIpc) is 2.41. The maximum atomic E-state index is 14.2. The molecule has 0 aliphatic carbocycles. The van der Waals surface area contributed by atoms with E-state index in [4.69, 9.17) is 4.74 Å². The van der Waals surface area contributed by atoms with Gasteiger partial charge in [0.05, 0.1) is 13.2 Å². The second kappa shape index (κ2) is 8.32. The van der Waals surface area contributed by atoms with Crippen LogP contribution in [0.2, 0.25) is 0 Å². The van der Waals surface area contributed by atoms with Crippen molar-refractivity contribution in [1.29, 1.82) is 0 Å². The third kappa shape index (κ3) is 5.99. The van der Waals surface area contributed by atoms with E-state index in [2.05, 4.69) is 5.32 Å². The molecule has 0 saturated carbocycles. The van der Waals surface area contributed by atoms with Gasteiger partial charge in [0, 0.05) is 43.5 Å². The molecule has 21 heavy (non-hydrogen) atoms. The van der Waals surface area contributed by atoms with Gasteiger partial charge in [0.15, 0.2) is 0 Å². The second-order valence-electron chi connectivity index (χ2n) is 6.04. The van der Waals surface area contributed by atoms with Crippen LogP contribution in [0.3, 0.4) is 0 Å². The minimum Gasteiger partial charge on any atom is -0.395 e. The summed E-state index contributed by atoms with van der Waals surface area (Å²) in [6.45, 7) is 8.20. The predicted molar refractivity (Wildman–Crippen MR) is 84.2 cm³/mol. The molecule has 0 radical (unpaired) electrons. The molecule has 5 heteroatoms. The number of aliphatic hydroxyl groups is 1. The number of methoxy groups -OCH3 is 1. The molecule has 1 aromatic rings. The highest BCUT2D eigenvalue weighted by molar-refractivity contribution is 5.54. The van der Waals surface area contributed by atoms with Crippen LogP contribution < -0.4 is 10.2 Å². The first kappa shape index (κ1) is 17.9. The van der Waals surface area contributed by atoms with Gasteiger partial charge >= 0.3 is 0 Å². The molecule has 2 N–H and O–H groups in total. The Kier molecular flexibility index (Phi) is 7.08. The molecule has 0 aromatic heterocycles. The van der Waals surface area contributed by atoms with Gasteiger partial charge in [-0.1, -0.05) is 6.07 Å². The predicted octanol–water partition coefficient (Wildman–Crippen LogP) is 2.16. The van der Waals surface area contributed by atoms with E-state index >= 15 is 0 Å². The minimum absolute atomic E-state index is 0.0202. The lowest BCUT2D eigenvalue weighted by Crippen LogP contribution is -2.37. The van der Waals surface area contributed by atoms with Crippen LogP contribution >= 0.6 is 0 Å². The summed E-state index contributed by atoms with van der Waals surface area (Å²) in [7, 11) is 1.63. The zero-order valence-corrected chi connectivity index (χ0v) is 13.4. The third-order valence-electron chi connectivity index (χ3n) is 3.17. The number of nitrogens with one attached hydrogen (secondary N) is 1. The molecule has 0 saturated heterocycles. The van der Waals surface area contributed by atoms with Crippen molar-refractivity contribution < 1.29 is 14.2 Å². The van der Waals surface area contributed by atoms with Crippen molar-refractivity contribution in [2.24, 2.45) is 0 Å². The van der Waals surface area contributed by atoms with Crippen LogP contribution in [-0.2, 0) is 11.3 Å². The maximum absolute atomic E-state index is 14.2. The van der Waals surface area contributed by atoms with Crippen LogP contribution in [0.4, 0.5) is 10.1 Å². The van der Waals surface area contributed by atoms with Crippen molar-refractivity contribution in [2.45, 2.75) is 32.9 Å². The molecule has 0 aliphatic rings. The molecule has 0 bridgehead atoms. The monoisotopic (exact) mass is 298 g/mol. The SMILES string of the molecule is COCCN(CCO)c1cccc(F)c1CNC(C)(C)C. The van der Waals surface area contributed by atoms with Crippen LogP contribution in [0, 0.1) is 5.82 Å². The van der Waals surface area contributed by atoms with E-state index in [1.54, 1.807) is 13.2 Å². The molecule has 0 spiro atoms. The van der Waals surface area contributed by atoms with Gasteiger partial charge in [0.1, 0.15) is 5.82 Å². The molecule has 120 valence electrons. The Balaban J connectivity index is 2.99. The number of ether oxygens (including phenoxy) is 1. The van der Waals surface area contributed by atoms with Crippen molar-refractivity contribution in [3.63, 3.8) is 0 Å². The van der Waals surface area contributed by atoms with Crippen molar-refractivity contribution in [1.82, 2.24) is 5.32 Å². The fourth-order valence-corrected chi connectivity index (χ4v) is 2.05. The summed E-state index contributed by atoms with van der Waals surface area (Å²) in [6, 6.07) is 5.05. The van der Waals surface area contributed by atoms with Crippen molar-refractivity contribution in [2.75, 3.05) is 38.3 Å². The standard InChI is InChI=1S/C16H27FN2O2/c1-16(2,3)18-12-13-14(17)6-5-7-15(13)19(8-10-20)9-11-21-4/h5-7,18,20H,8-12H2,1-4H3. The zero-order valence-electron chi connectivity index (χ0n) is 13.4. The topological polar surface area (TPSA) is 44.7 Å². The number of rotatable bonds is 8. The van der Waals surface area contributed by atoms with E-state index in [9.17, 15) is 9.50 Å². The van der Waals surface area contributed by atoms with Crippen molar-refractivity contribution in [3.05, 3.63) is 29.6 Å². The lowest BCUT2D eigenvalue weighted by Gasteiger charge is -2.28. The van der Waals surface area contributed by atoms with E-state index < -0.39 is 0 Å². The molecule has 1 aromatic carbocycles. The fourth-order valence-electron chi connectivity index (χ4n) is 2.05. The number of halogens is 1. The summed E-state index contributed by atoms with van der Waals surface area (Å²) >= 11 is 0. The first-order valence-corrected chi connectivity index (χ1v) is 7.26. The molecule has 0 heterocycles.